The largest absolute Gasteiger partial charge is 0.481 e. The molecule has 8 nitrogen and oxygen atoms in total. The number of nitro groups is 1. The maximum Gasteiger partial charge on any atom is 0.308 e. The molecule has 3 aliphatic rings. The van der Waals surface area contributed by atoms with Gasteiger partial charge in [-0.3, -0.25) is 19.7 Å². The average Bonchev–Trinajstić information content (AvgIpc) is 2.67. The number of rotatable bonds is 2. The standard InChI is InChI=1S/C20H19N3O5/c24-18-3-1-2-16-12-6-13(10-21(16)18)19-15(20(25)26)8-11-7-14(23(27)28)4-5-17(11)22(19)9-12/h1-5,7,12-13,15,19H,6,8-10H2,(H,25,26)/t12-,13+,15+,19+/m1/s1. The number of piperidine rings is 1. The number of fused-ring (bicyclic) bond motifs is 8. The zero-order valence-electron chi connectivity index (χ0n) is 15.0. The second-order valence-electron chi connectivity index (χ2n) is 7.95. The number of anilines is 1. The Labute approximate surface area is 160 Å². The number of aliphatic carboxylic acids is 1. The predicted molar refractivity (Wildman–Crippen MR) is 101 cm³/mol. The number of carboxylic acids is 1. The smallest absolute Gasteiger partial charge is 0.308 e. The fraction of sp³-hybridized carbons (Fsp3) is 0.400. The van der Waals surface area contributed by atoms with Crippen LogP contribution in [0.25, 0.3) is 0 Å². The third kappa shape index (κ3) is 2.37. The monoisotopic (exact) mass is 381 g/mol. The Morgan fingerprint density at radius 2 is 2.04 bits per heavy atom. The van der Waals surface area contributed by atoms with Crippen molar-refractivity contribution in [1.29, 1.82) is 0 Å². The van der Waals surface area contributed by atoms with Gasteiger partial charge in [-0.15, -0.1) is 0 Å². The molecule has 0 spiro atoms. The molecule has 5 rings (SSSR count). The lowest BCUT2D eigenvalue weighted by atomic mass is 9.70. The molecule has 4 heterocycles. The molecule has 0 radical (unpaired) electrons. The van der Waals surface area contributed by atoms with Crippen molar-refractivity contribution < 1.29 is 14.8 Å². The van der Waals surface area contributed by atoms with Crippen LogP contribution in [-0.4, -0.2) is 33.2 Å². The topological polar surface area (TPSA) is 106 Å². The molecule has 1 N–H and O–H groups in total. The van der Waals surface area contributed by atoms with Crippen molar-refractivity contribution >= 4 is 17.3 Å². The Morgan fingerprint density at radius 1 is 1.21 bits per heavy atom. The number of hydrogen-bond acceptors (Lipinski definition) is 5. The van der Waals surface area contributed by atoms with Crippen LogP contribution < -0.4 is 10.5 Å². The summed E-state index contributed by atoms with van der Waals surface area (Å²) in [5.74, 6) is -1.35. The van der Waals surface area contributed by atoms with Crippen LogP contribution in [0, 0.1) is 22.0 Å². The maximum absolute atomic E-state index is 12.3. The summed E-state index contributed by atoms with van der Waals surface area (Å²) in [5, 5.41) is 21.1. The molecule has 0 saturated carbocycles. The second-order valence-corrected chi connectivity index (χ2v) is 7.95. The van der Waals surface area contributed by atoms with E-state index in [1.54, 1.807) is 22.8 Å². The van der Waals surface area contributed by atoms with Gasteiger partial charge >= 0.3 is 5.97 Å². The van der Waals surface area contributed by atoms with Gasteiger partial charge in [0.25, 0.3) is 11.2 Å². The highest BCUT2D eigenvalue weighted by atomic mass is 16.6. The molecule has 4 atom stereocenters. The Kier molecular flexibility index (Phi) is 3.59. The highest BCUT2D eigenvalue weighted by Crippen LogP contribution is 2.47. The van der Waals surface area contributed by atoms with Gasteiger partial charge in [0, 0.05) is 54.6 Å². The average molecular weight is 381 g/mol. The van der Waals surface area contributed by atoms with Crippen molar-refractivity contribution in [1.82, 2.24) is 4.57 Å². The number of pyridine rings is 1. The molecule has 0 unspecified atom stereocenters. The Hall–Kier alpha value is -3.16. The van der Waals surface area contributed by atoms with Crippen molar-refractivity contribution in [2.24, 2.45) is 11.8 Å². The van der Waals surface area contributed by atoms with Crippen LogP contribution >= 0.6 is 0 Å². The van der Waals surface area contributed by atoms with Crippen molar-refractivity contribution in [3.8, 4) is 0 Å². The van der Waals surface area contributed by atoms with E-state index in [9.17, 15) is 24.8 Å². The number of benzene rings is 1. The van der Waals surface area contributed by atoms with Crippen LogP contribution in [0.15, 0.2) is 41.2 Å². The Bertz CT molecular complexity index is 1060. The minimum atomic E-state index is -0.892. The summed E-state index contributed by atoms with van der Waals surface area (Å²) >= 11 is 0. The van der Waals surface area contributed by atoms with E-state index < -0.39 is 16.8 Å². The number of hydrogen-bond donors (Lipinski definition) is 1. The third-order valence-corrected chi connectivity index (χ3v) is 6.52. The summed E-state index contributed by atoms with van der Waals surface area (Å²) in [5.41, 5.74) is 2.52. The van der Waals surface area contributed by atoms with E-state index in [1.807, 2.05) is 6.07 Å². The van der Waals surface area contributed by atoms with Crippen LogP contribution in [0.3, 0.4) is 0 Å². The number of non-ortho nitro benzene ring substituents is 1. The fourth-order valence-corrected chi connectivity index (χ4v) is 5.44. The van der Waals surface area contributed by atoms with E-state index in [0.29, 0.717) is 18.7 Å². The first-order valence-electron chi connectivity index (χ1n) is 9.40. The summed E-state index contributed by atoms with van der Waals surface area (Å²) in [7, 11) is 0. The lowest BCUT2D eigenvalue weighted by Gasteiger charge is -2.53. The van der Waals surface area contributed by atoms with Crippen LogP contribution in [0.4, 0.5) is 11.4 Å². The van der Waals surface area contributed by atoms with Gasteiger partial charge in [0.05, 0.1) is 10.8 Å². The molecule has 2 aromatic rings. The van der Waals surface area contributed by atoms with Crippen molar-refractivity contribution in [3.05, 3.63) is 68.1 Å². The van der Waals surface area contributed by atoms with E-state index in [2.05, 4.69) is 4.90 Å². The first-order chi connectivity index (χ1) is 13.4. The molecule has 0 amide bonds. The summed E-state index contributed by atoms with van der Waals surface area (Å²) in [6.45, 7) is 1.12. The minimum Gasteiger partial charge on any atom is -0.481 e. The highest BCUT2D eigenvalue weighted by molar-refractivity contribution is 5.76. The summed E-state index contributed by atoms with van der Waals surface area (Å²) in [6.07, 6.45) is 1.13. The van der Waals surface area contributed by atoms with Gasteiger partial charge in [0.15, 0.2) is 0 Å². The molecule has 3 aliphatic heterocycles. The lowest BCUT2D eigenvalue weighted by molar-refractivity contribution is -0.384. The van der Waals surface area contributed by atoms with Gasteiger partial charge in [-0.1, -0.05) is 6.07 Å². The number of aromatic nitrogens is 1. The summed E-state index contributed by atoms with van der Waals surface area (Å²) < 4.78 is 1.79. The van der Waals surface area contributed by atoms with E-state index >= 15 is 0 Å². The molecular formula is C20H19N3O5. The highest BCUT2D eigenvalue weighted by Gasteiger charge is 2.49. The third-order valence-electron chi connectivity index (χ3n) is 6.52. The number of carbonyl (C=O) groups is 1. The van der Waals surface area contributed by atoms with Gasteiger partial charge in [-0.05, 0) is 36.5 Å². The minimum absolute atomic E-state index is 0.0181. The summed E-state index contributed by atoms with van der Waals surface area (Å²) in [4.78, 5) is 37.3. The number of carboxylic acid groups (broad SMARTS) is 1. The molecule has 144 valence electrons. The molecular weight excluding hydrogens is 362 g/mol. The van der Waals surface area contributed by atoms with Gasteiger partial charge in [0.2, 0.25) is 0 Å². The molecule has 2 bridgehead atoms. The number of nitrogens with zero attached hydrogens (tertiary/aromatic N) is 3. The second kappa shape index (κ2) is 5.92. The molecule has 1 fully saturated rings. The maximum atomic E-state index is 12.3. The van der Waals surface area contributed by atoms with Crippen LogP contribution in [0.2, 0.25) is 0 Å². The first kappa shape index (κ1) is 17.0. The zero-order chi connectivity index (χ0) is 19.6. The quantitative estimate of drug-likeness (QED) is 0.630. The molecule has 8 heteroatoms. The van der Waals surface area contributed by atoms with Crippen molar-refractivity contribution in [2.45, 2.75) is 31.3 Å². The van der Waals surface area contributed by atoms with E-state index in [1.165, 1.54) is 12.1 Å². The first-order valence-corrected chi connectivity index (χ1v) is 9.40. The molecule has 28 heavy (non-hydrogen) atoms. The lowest BCUT2D eigenvalue weighted by Crippen LogP contribution is -2.60. The molecule has 0 aliphatic carbocycles. The van der Waals surface area contributed by atoms with E-state index in [0.717, 1.165) is 17.8 Å². The Morgan fingerprint density at radius 3 is 2.79 bits per heavy atom. The van der Waals surface area contributed by atoms with Gasteiger partial charge in [0.1, 0.15) is 0 Å². The van der Waals surface area contributed by atoms with Crippen LogP contribution in [-0.2, 0) is 17.8 Å². The predicted octanol–water partition coefficient (Wildman–Crippen LogP) is 2.01. The van der Waals surface area contributed by atoms with Gasteiger partial charge < -0.3 is 14.6 Å². The fourth-order valence-electron chi connectivity index (χ4n) is 5.44. The van der Waals surface area contributed by atoms with Gasteiger partial charge in [-0.25, -0.2) is 0 Å². The van der Waals surface area contributed by atoms with Crippen LogP contribution in [0.5, 0.6) is 0 Å². The SMILES string of the molecule is O=C(O)[C@H]1Cc2cc([N+](=O)[O-])ccc2N2C[C@H]3C[C@@H](Cn4c3cccc4=O)[C@@H]12. The summed E-state index contributed by atoms with van der Waals surface area (Å²) in [6, 6.07) is 9.81. The number of nitro benzene ring substituents is 1. The Balaban J connectivity index is 1.64. The molecule has 1 aromatic heterocycles. The van der Waals surface area contributed by atoms with Gasteiger partial charge in [-0.2, -0.15) is 0 Å². The van der Waals surface area contributed by atoms with E-state index in [4.69, 9.17) is 0 Å². The molecule has 1 saturated heterocycles. The zero-order valence-corrected chi connectivity index (χ0v) is 15.0. The normalized spacial score (nSPS) is 27.4. The molecule has 1 aromatic carbocycles. The van der Waals surface area contributed by atoms with Crippen molar-refractivity contribution in [2.75, 3.05) is 11.4 Å². The van der Waals surface area contributed by atoms with Crippen molar-refractivity contribution in [3.63, 3.8) is 0 Å². The van der Waals surface area contributed by atoms with E-state index in [-0.39, 0.29) is 35.5 Å². The van der Waals surface area contributed by atoms with Crippen LogP contribution in [0.1, 0.15) is 23.6 Å².